The second kappa shape index (κ2) is 4.89. The second-order valence-corrected chi connectivity index (χ2v) is 5.59. The van der Waals surface area contributed by atoms with E-state index in [2.05, 4.69) is 4.98 Å². The van der Waals surface area contributed by atoms with Gasteiger partial charge >= 0.3 is 6.18 Å². The molecule has 1 aliphatic heterocycles. The molecule has 4 nitrogen and oxygen atoms in total. The fraction of sp³-hybridized carbons (Fsp3) is 0.0556. The van der Waals surface area contributed by atoms with Crippen molar-refractivity contribution in [2.45, 2.75) is 6.18 Å². The van der Waals surface area contributed by atoms with E-state index in [9.17, 15) is 27.9 Å². The van der Waals surface area contributed by atoms with Crippen LogP contribution in [0.15, 0.2) is 52.1 Å². The molecule has 2 aliphatic rings. The lowest BCUT2D eigenvalue weighted by Crippen LogP contribution is -2.36. The van der Waals surface area contributed by atoms with Crippen molar-refractivity contribution in [1.29, 1.82) is 0 Å². The molecule has 1 heterocycles. The summed E-state index contributed by atoms with van der Waals surface area (Å²) < 4.78 is 39.2. The molecule has 1 N–H and O–H groups in total. The van der Waals surface area contributed by atoms with Crippen LogP contribution in [0.25, 0.3) is 27.4 Å². The van der Waals surface area contributed by atoms with Crippen molar-refractivity contribution >= 4 is 27.4 Å². The molecule has 124 valence electrons. The van der Waals surface area contributed by atoms with E-state index in [-0.39, 0.29) is 37.5 Å². The van der Waals surface area contributed by atoms with Gasteiger partial charge in [0, 0.05) is 21.2 Å². The molecule has 0 saturated carbocycles. The van der Waals surface area contributed by atoms with Crippen LogP contribution in [0.5, 0.6) is 0 Å². The van der Waals surface area contributed by atoms with Gasteiger partial charge in [-0.15, -0.1) is 0 Å². The highest BCUT2D eigenvalue weighted by molar-refractivity contribution is 5.90. The van der Waals surface area contributed by atoms with Gasteiger partial charge in [-0.3, -0.25) is 9.59 Å². The van der Waals surface area contributed by atoms with E-state index < -0.39 is 22.7 Å². The predicted molar refractivity (Wildman–Crippen MR) is 85.6 cm³/mol. The van der Waals surface area contributed by atoms with Crippen LogP contribution in [0.2, 0.25) is 0 Å². The molecule has 0 bridgehead atoms. The lowest BCUT2D eigenvalue weighted by Gasteiger charge is -2.08. The highest BCUT2D eigenvalue weighted by Crippen LogP contribution is 2.24. The lowest BCUT2D eigenvalue weighted by atomic mass is 9.98. The van der Waals surface area contributed by atoms with Crippen molar-refractivity contribution < 1.29 is 18.3 Å². The normalized spacial score (nSPS) is 13.7. The molecule has 2 aromatic carbocycles. The van der Waals surface area contributed by atoms with Gasteiger partial charge < -0.3 is 5.11 Å². The number of aromatic nitrogens is 1. The third kappa shape index (κ3) is 2.05. The Morgan fingerprint density at radius 1 is 0.880 bits per heavy atom. The lowest BCUT2D eigenvalue weighted by molar-refractivity contribution is -0.0897. The topological polar surface area (TPSA) is 67.3 Å². The first-order valence-electron chi connectivity index (χ1n) is 7.22. The number of aliphatic hydroxyl groups excluding tert-OH is 1. The number of rotatable bonds is 0. The van der Waals surface area contributed by atoms with Gasteiger partial charge in [0.05, 0.1) is 10.7 Å². The second-order valence-electron chi connectivity index (χ2n) is 5.59. The van der Waals surface area contributed by atoms with Crippen LogP contribution in [-0.4, -0.2) is 16.3 Å². The first-order valence-corrected chi connectivity index (χ1v) is 7.22. The highest BCUT2D eigenvalue weighted by Gasteiger charge is 2.36. The summed E-state index contributed by atoms with van der Waals surface area (Å²) in [5, 5.41) is 9.25. The quantitative estimate of drug-likeness (QED) is 0.532. The Morgan fingerprint density at radius 3 is 2.20 bits per heavy atom. The maximum Gasteiger partial charge on any atom is 0.449 e. The number of alkyl halides is 3. The van der Waals surface area contributed by atoms with E-state index in [0.717, 1.165) is 0 Å². The first kappa shape index (κ1) is 15.3. The number of halogens is 3. The highest BCUT2D eigenvalue weighted by atomic mass is 19.4. The molecule has 0 atom stereocenters. The molecule has 2 aromatic rings. The monoisotopic (exact) mass is 343 g/mol. The zero-order valence-corrected chi connectivity index (χ0v) is 12.4. The number of nitrogens with zero attached hydrogens (tertiary/aromatic N) is 1. The number of fused-ring (bicyclic) bond motifs is 2. The number of hydrogen-bond donors (Lipinski definition) is 1. The van der Waals surface area contributed by atoms with Gasteiger partial charge in [-0.25, -0.2) is 4.98 Å². The van der Waals surface area contributed by atoms with Crippen molar-refractivity contribution in [3.8, 4) is 0 Å². The summed E-state index contributed by atoms with van der Waals surface area (Å²) in [6, 6.07) is 10.5. The Hall–Kier alpha value is -3.22. The SMILES string of the molecule is O=c1nc2cccc3c2=c(/c1=C(\O)C(F)(F)F)c1ccccc1c3=O. The minimum Gasteiger partial charge on any atom is -0.504 e. The molecule has 0 saturated heterocycles. The number of hydrogen-bond acceptors (Lipinski definition) is 4. The van der Waals surface area contributed by atoms with Gasteiger partial charge in [0.2, 0.25) is 5.76 Å². The minimum atomic E-state index is -5.11. The number of benzene rings is 2. The fourth-order valence-electron chi connectivity index (χ4n) is 3.16. The van der Waals surface area contributed by atoms with Crippen LogP contribution in [0.4, 0.5) is 13.2 Å². The minimum absolute atomic E-state index is 0.110. The van der Waals surface area contributed by atoms with Crippen molar-refractivity contribution in [3.05, 3.63) is 78.7 Å². The Bertz CT molecular complexity index is 1380. The van der Waals surface area contributed by atoms with E-state index in [1.807, 2.05) is 0 Å². The standard InChI is InChI=1S/C18H8F3NO3/c19-18(20,21)16(24)14-13-8-4-1-2-5-9(8)15(23)10-6-3-7-11(12(10)13)22-17(14)25/h1-7,24H/b16-14+. The van der Waals surface area contributed by atoms with E-state index in [0.29, 0.717) is 0 Å². The summed E-state index contributed by atoms with van der Waals surface area (Å²) in [7, 11) is 0. The summed E-state index contributed by atoms with van der Waals surface area (Å²) in [5.41, 5.74) is -1.45. The first-order chi connectivity index (χ1) is 11.8. The largest absolute Gasteiger partial charge is 0.504 e. The van der Waals surface area contributed by atoms with Gasteiger partial charge in [-0.1, -0.05) is 36.4 Å². The van der Waals surface area contributed by atoms with Crippen molar-refractivity contribution in [3.63, 3.8) is 0 Å². The number of aliphatic hydroxyl groups is 1. The van der Waals surface area contributed by atoms with Crippen LogP contribution in [-0.2, 0) is 0 Å². The van der Waals surface area contributed by atoms with Crippen molar-refractivity contribution in [1.82, 2.24) is 4.98 Å². The fourth-order valence-corrected chi connectivity index (χ4v) is 3.16. The predicted octanol–water partition coefficient (Wildman–Crippen LogP) is 2.22. The van der Waals surface area contributed by atoms with Crippen LogP contribution >= 0.6 is 0 Å². The molecule has 0 spiro atoms. The summed E-state index contributed by atoms with van der Waals surface area (Å²) >= 11 is 0. The van der Waals surface area contributed by atoms with E-state index in [1.165, 1.54) is 30.3 Å². The average molecular weight is 343 g/mol. The summed E-state index contributed by atoms with van der Waals surface area (Å²) in [4.78, 5) is 28.5. The Balaban J connectivity index is 2.61. The smallest absolute Gasteiger partial charge is 0.449 e. The molecule has 0 fully saturated rings. The van der Waals surface area contributed by atoms with Gasteiger partial charge in [0.15, 0.2) is 5.43 Å². The Morgan fingerprint density at radius 2 is 1.52 bits per heavy atom. The summed E-state index contributed by atoms with van der Waals surface area (Å²) in [6.45, 7) is 0. The van der Waals surface area contributed by atoms with Gasteiger partial charge in [0.25, 0.3) is 5.56 Å². The average Bonchev–Trinajstić information content (AvgIpc) is 2.57. The molecule has 0 aromatic heterocycles. The Labute approximate surface area is 136 Å². The molecular formula is C18H8F3NO3. The zero-order chi connectivity index (χ0) is 17.9. The maximum atomic E-state index is 13.1. The van der Waals surface area contributed by atoms with Gasteiger partial charge in [-0.2, -0.15) is 13.2 Å². The molecule has 7 heteroatoms. The van der Waals surface area contributed by atoms with Crippen LogP contribution in [0.3, 0.4) is 0 Å². The molecule has 0 unspecified atom stereocenters. The van der Waals surface area contributed by atoms with Gasteiger partial charge in [-0.05, 0) is 11.5 Å². The molecule has 1 aliphatic carbocycles. The summed E-state index contributed by atoms with van der Waals surface area (Å²) in [6.07, 6.45) is -5.11. The third-order valence-electron chi connectivity index (χ3n) is 4.17. The van der Waals surface area contributed by atoms with Crippen LogP contribution in [0.1, 0.15) is 0 Å². The maximum absolute atomic E-state index is 13.1. The molecule has 4 rings (SSSR count). The molecule has 25 heavy (non-hydrogen) atoms. The Kier molecular flexibility index (Phi) is 3.00. The van der Waals surface area contributed by atoms with Crippen LogP contribution < -0.4 is 16.2 Å². The van der Waals surface area contributed by atoms with Crippen LogP contribution in [0, 0.1) is 10.4 Å². The van der Waals surface area contributed by atoms with E-state index in [1.54, 1.807) is 12.1 Å². The van der Waals surface area contributed by atoms with E-state index in [4.69, 9.17) is 0 Å². The summed E-state index contributed by atoms with van der Waals surface area (Å²) in [5.74, 6) is -2.01. The van der Waals surface area contributed by atoms with Crippen molar-refractivity contribution in [2.24, 2.45) is 0 Å². The molecular weight excluding hydrogens is 335 g/mol. The molecule has 0 radical (unpaired) electrons. The third-order valence-corrected chi connectivity index (χ3v) is 4.17. The van der Waals surface area contributed by atoms with Crippen molar-refractivity contribution in [2.75, 3.05) is 0 Å². The molecule has 0 amide bonds. The van der Waals surface area contributed by atoms with Gasteiger partial charge in [0.1, 0.15) is 0 Å². The van der Waals surface area contributed by atoms with E-state index >= 15 is 0 Å². The zero-order valence-electron chi connectivity index (χ0n) is 12.4.